The molecule has 2 bridgehead atoms. The lowest BCUT2D eigenvalue weighted by Gasteiger charge is -2.41. The average Bonchev–Trinajstić information content (AvgIpc) is 3.13. The van der Waals surface area contributed by atoms with E-state index in [9.17, 15) is 9.90 Å². The summed E-state index contributed by atoms with van der Waals surface area (Å²) < 4.78 is 38.3. The number of aromatic nitrogens is 1. The summed E-state index contributed by atoms with van der Waals surface area (Å²) in [6.45, 7) is 3.02. The van der Waals surface area contributed by atoms with Gasteiger partial charge in [0.05, 0.1) is 30.4 Å². The Balaban J connectivity index is 1.15. The van der Waals surface area contributed by atoms with Crippen LogP contribution in [0.15, 0.2) is 79.1 Å². The molecule has 2 N–H and O–H groups in total. The molecule has 0 saturated carbocycles. The monoisotopic (exact) mass is 751 g/mol. The van der Waals surface area contributed by atoms with E-state index in [0.717, 1.165) is 42.6 Å². The number of esters is 1. The standard InChI is InChI=1S/C40H44Cl2FN3O6/c1-49-35-13-12-28(18-37(35)50-2)36(19-31-32(41)21-44-22-33(31)42)52-38(47)17-25-7-5-8-26(15-25)20-45-39(30-10-3-4-11-34(30)43)40(48)51-29-16-27-9-6-14-46(23-27)24-29/h3-5,7-8,10-13,15,18,21-22,27,29,36,38-39,45,47H,6,9,14,16-17,19-20,23-24H2,1-2H3/t27?,29-,36+,38?,39?/m1/s1. The highest BCUT2D eigenvalue weighted by molar-refractivity contribution is 6.35. The van der Waals surface area contributed by atoms with Crippen LogP contribution in [0.1, 0.15) is 59.2 Å². The Morgan fingerprint density at radius 2 is 1.75 bits per heavy atom. The summed E-state index contributed by atoms with van der Waals surface area (Å²) in [6, 6.07) is 18.3. The molecule has 4 unspecified atom stereocenters. The number of benzene rings is 3. The molecular formula is C40H44Cl2FN3O6. The molecule has 6 rings (SSSR count). The first kappa shape index (κ1) is 38.0. The van der Waals surface area contributed by atoms with E-state index in [0.29, 0.717) is 39.6 Å². The van der Waals surface area contributed by atoms with Crippen molar-refractivity contribution in [3.63, 3.8) is 0 Å². The lowest BCUT2D eigenvalue weighted by Crippen LogP contribution is -2.48. The summed E-state index contributed by atoms with van der Waals surface area (Å²) in [5, 5.41) is 15.3. The number of fused-ring (bicyclic) bond motifs is 2. The van der Waals surface area contributed by atoms with Gasteiger partial charge in [0.2, 0.25) is 0 Å². The number of ether oxygens (including phenoxy) is 4. The van der Waals surface area contributed by atoms with Crippen molar-refractivity contribution in [3.8, 4) is 11.5 Å². The predicted molar refractivity (Wildman–Crippen MR) is 197 cm³/mol. The number of carbonyl (C=O) groups is 1. The maximum absolute atomic E-state index is 15.1. The number of nitrogens with zero attached hydrogens (tertiary/aromatic N) is 2. The number of aliphatic hydroxyl groups is 1. The van der Waals surface area contributed by atoms with E-state index in [-0.39, 0.29) is 31.1 Å². The summed E-state index contributed by atoms with van der Waals surface area (Å²) in [6.07, 6.45) is 4.48. The van der Waals surface area contributed by atoms with Gasteiger partial charge in [-0.1, -0.05) is 71.7 Å². The number of rotatable bonds is 15. The van der Waals surface area contributed by atoms with Gasteiger partial charge in [-0.2, -0.15) is 0 Å². The van der Waals surface area contributed by atoms with Gasteiger partial charge in [0.15, 0.2) is 17.8 Å². The van der Waals surface area contributed by atoms with Crippen molar-refractivity contribution in [3.05, 3.63) is 123 Å². The van der Waals surface area contributed by atoms with Crippen molar-refractivity contribution in [1.29, 1.82) is 0 Å². The van der Waals surface area contributed by atoms with Gasteiger partial charge in [0.25, 0.3) is 0 Å². The number of hydrogen-bond donors (Lipinski definition) is 2. The van der Waals surface area contributed by atoms with Crippen LogP contribution >= 0.6 is 23.2 Å². The molecule has 3 aromatic carbocycles. The Morgan fingerprint density at radius 1 is 0.981 bits per heavy atom. The van der Waals surface area contributed by atoms with Crippen molar-refractivity contribution in [1.82, 2.24) is 15.2 Å². The Morgan fingerprint density at radius 3 is 2.50 bits per heavy atom. The average molecular weight is 753 g/mol. The highest BCUT2D eigenvalue weighted by atomic mass is 35.5. The van der Waals surface area contributed by atoms with Gasteiger partial charge in [-0.25, -0.2) is 9.18 Å². The Bertz CT molecular complexity index is 1800. The van der Waals surface area contributed by atoms with Crippen LogP contribution in [0, 0.1) is 11.7 Å². The van der Waals surface area contributed by atoms with Gasteiger partial charge in [0, 0.05) is 50.4 Å². The van der Waals surface area contributed by atoms with E-state index < -0.39 is 30.2 Å². The number of methoxy groups -OCH3 is 2. The Labute approximate surface area is 314 Å². The van der Waals surface area contributed by atoms with Gasteiger partial charge in [-0.05, 0) is 72.2 Å². The van der Waals surface area contributed by atoms with E-state index >= 15 is 4.39 Å². The van der Waals surface area contributed by atoms with Crippen LogP contribution in [-0.4, -0.2) is 67.2 Å². The molecule has 9 nitrogen and oxygen atoms in total. The third kappa shape index (κ3) is 9.60. The molecule has 0 amide bonds. The quantitative estimate of drug-likeness (QED) is 0.0960. The Kier molecular flexibility index (Phi) is 13.0. The van der Waals surface area contributed by atoms with E-state index in [1.807, 2.05) is 30.3 Å². The highest BCUT2D eigenvalue weighted by Crippen LogP contribution is 2.36. The summed E-state index contributed by atoms with van der Waals surface area (Å²) in [5.41, 5.74) is 3.22. The minimum Gasteiger partial charge on any atom is -0.493 e. The fraction of sp³-hybridized carbons (Fsp3) is 0.400. The van der Waals surface area contributed by atoms with Crippen LogP contribution in [0.3, 0.4) is 0 Å². The van der Waals surface area contributed by atoms with Crippen LogP contribution in [0.5, 0.6) is 11.5 Å². The molecule has 2 fully saturated rings. The summed E-state index contributed by atoms with van der Waals surface area (Å²) >= 11 is 12.9. The number of piperidine rings is 2. The largest absolute Gasteiger partial charge is 0.493 e. The van der Waals surface area contributed by atoms with Crippen molar-refractivity contribution >= 4 is 29.2 Å². The van der Waals surface area contributed by atoms with Crippen LogP contribution < -0.4 is 14.8 Å². The molecule has 4 aromatic rings. The van der Waals surface area contributed by atoms with E-state index in [1.165, 1.54) is 24.9 Å². The fourth-order valence-electron chi connectivity index (χ4n) is 7.23. The predicted octanol–water partition coefficient (Wildman–Crippen LogP) is 7.26. The van der Waals surface area contributed by atoms with Gasteiger partial charge in [-0.3, -0.25) is 15.2 Å². The molecule has 0 spiro atoms. The van der Waals surface area contributed by atoms with Gasteiger partial charge in [-0.15, -0.1) is 0 Å². The number of aliphatic hydroxyl groups excluding tert-OH is 1. The second-order valence-electron chi connectivity index (χ2n) is 13.4. The fourth-order valence-corrected chi connectivity index (χ4v) is 7.75. The lowest BCUT2D eigenvalue weighted by atomic mass is 9.88. The first-order chi connectivity index (χ1) is 25.2. The summed E-state index contributed by atoms with van der Waals surface area (Å²) in [5.74, 6) is 0.603. The minimum absolute atomic E-state index is 0.160. The SMILES string of the molecule is COc1ccc([C@H](Cc2c(Cl)cncc2Cl)OC(O)Cc2cccc(CNC(C(=O)O[C@@H]3CC4CCCN(C4)C3)c3ccccc3F)c2)cc1OC. The van der Waals surface area contributed by atoms with Gasteiger partial charge < -0.3 is 24.1 Å². The number of hydrogen-bond acceptors (Lipinski definition) is 9. The molecule has 52 heavy (non-hydrogen) atoms. The molecule has 6 atom stereocenters. The maximum atomic E-state index is 15.1. The summed E-state index contributed by atoms with van der Waals surface area (Å²) in [7, 11) is 3.10. The second-order valence-corrected chi connectivity index (χ2v) is 14.2. The number of halogens is 3. The zero-order chi connectivity index (χ0) is 36.6. The number of pyridine rings is 1. The van der Waals surface area contributed by atoms with Crippen molar-refractivity contribution in [2.75, 3.05) is 33.9 Å². The molecule has 0 aliphatic carbocycles. The molecule has 2 saturated heterocycles. The molecule has 2 aliphatic heterocycles. The zero-order valence-corrected chi connectivity index (χ0v) is 30.8. The topological polar surface area (TPSA) is 102 Å². The lowest BCUT2D eigenvalue weighted by molar-refractivity contribution is -0.156. The van der Waals surface area contributed by atoms with Crippen LogP contribution in [-0.2, 0) is 33.7 Å². The van der Waals surface area contributed by atoms with Gasteiger partial charge >= 0.3 is 5.97 Å². The second kappa shape index (κ2) is 17.8. The molecule has 1 aromatic heterocycles. The molecule has 3 heterocycles. The molecule has 12 heteroatoms. The minimum atomic E-state index is -1.22. The zero-order valence-electron chi connectivity index (χ0n) is 29.3. The third-order valence-corrected chi connectivity index (χ3v) is 10.4. The normalized spacial score (nSPS) is 20.1. The van der Waals surface area contributed by atoms with Crippen molar-refractivity contribution < 1.29 is 33.2 Å². The smallest absolute Gasteiger partial charge is 0.328 e. The number of carbonyl (C=O) groups excluding carboxylic acids is 1. The highest BCUT2D eigenvalue weighted by Gasteiger charge is 2.34. The van der Waals surface area contributed by atoms with Crippen molar-refractivity contribution in [2.24, 2.45) is 5.92 Å². The van der Waals surface area contributed by atoms with Crippen LogP contribution in [0.4, 0.5) is 4.39 Å². The van der Waals surface area contributed by atoms with Crippen LogP contribution in [0.2, 0.25) is 10.0 Å². The van der Waals surface area contributed by atoms with Crippen molar-refractivity contribution in [2.45, 2.75) is 63.2 Å². The third-order valence-electron chi connectivity index (χ3n) is 9.75. The first-order valence-corrected chi connectivity index (χ1v) is 18.3. The molecule has 276 valence electrons. The van der Waals surface area contributed by atoms with Gasteiger partial charge in [0.1, 0.15) is 18.0 Å². The number of nitrogens with one attached hydrogen (secondary N) is 1. The molecule has 0 radical (unpaired) electrons. The first-order valence-electron chi connectivity index (χ1n) is 17.5. The summed E-state index contributed by atoms with van der Waals surface area (Å²) in [4.78, 5) is 20.0. The Hall–Kier alpha value is -3.77. The van der Waals surface area contributed by atoms with E-state index in [1.54, 1.807) is 44.6 Å². The van der Waals surface area contributed by atoms with Crippen LogP contribution in [0.25, 0.3) is 0 Å². The maximum Gasteiger partial charge on any atom is 0.328 e. The van der Waals surface area contributed by atoms with E-state index in [2.05, 4.69) is 15.2 Å². The van der Waals surface area contributed by atoms with E-state index in [4.69, 9.17) is 42.1 Å². The molecule has 2 aliphatic rings. The molecular weight excluding hydrogens is 708 g/mol.